The van der Waals surface area contributed by atoms with Crippen LogP contribution >= 0.6 is 0 Å². The van der Waals surface area contributed by atoms with Crippen molar-refractivity contribution < 1.29 is 14.0 Å². The molecule has 8 heteroatoms. The summed E-state index contributed by atoms with van der Waals surface area (Å²) in [5.41, 5.74) is 2.19. The molecule has 1 heterocycles. The van der Waals surface area contributed by atoms with E-state index >= 15 is 0 Å². The number of aromatic nitrogens is 2. The zero-order valence-corrected chi connectivity index (χ0v) is 16.5. The van der Waals surface area contributed by atoms with Crippen LogP contribution in [-0.2, 0) is 17.8 Å². The van der Waals surface area contributed by atoms with Crippen molar-refractivity contribution >= 4 is 5.96 Å². The van der Waals surface area contributed by atoms with E-state index in [0.717, 1.165) is 29.8 Å². The van der Waals surface area contributed by atoms with Gasteiger partial charge in [-0.25, -0.2) is 4.99 Å². The van der Waals surface area contributed by atoms with E-state index in [1.807, 2.05) is 19.9 Å². The quantitative estimate of drug-likeness (QED) is 0.374. The number of aliphatic imine (C=N–C) groups is 1. The van der Waals surface area contributed by atoms with E-state index < -0.39 is 0 Å². The topological polar surface area (TPSA) is 93.8 Å². The third-order valence-electron chi connectivity index (χ3n) is 3.70. The van der Waals surface area contributed by atoms with E-state index in [4.69, 9.17) is 14.0 Å². The Kier molecular flexibility index (Phi) is 8.57. The second kappa shape index (κ2) is 11.2. The van der Waals surface area contributed by atoms with Crippen LogP contribution < -0.4 is 15.4 Å². The SMILES string of the molecule is CCNC(=NCc1ccc(C)cc1OCCCOC)NCc1nc(C)no1. The van der Waals surface area contributed by atoms with Crippen LogP contribution in [0.15, 0.2) is 27.7 Å². The lowest BCUT2D eigenvalue weighted by Crippen LogP contribution is -2.36. The van der Waals surface area contributed by atoms with Gasteiger partial charge in [-0.05, 0) is 32.4 Å². The second-order valence-electron chi connectivity index (χ2n) is 6.09. The molecule has 0 saturated heterocycles. The van der Waals surface area contributed by atoms with E-state index in [2.05, 4.69) is 37.9 Å². The normalized spacial score (nSPS) is 11.5. The molecule has 2 aromatic rings. The van der Waals surface area contributed by atoms with Gasteiger partial charge in [-0.3, -0.25) is 0 Å². The van der Waals surface area contributed by atoms with Crippen LogP contribution in [0.1, 0.15) is 36.2 Å². The van der Waals surface area contributed by atoms with Crippen molar-refractivity contribution in [2.75, 3.05) is 26.9 Å². The van der Waals surface area contributed by atoms with Crippen LogP contribution in [0.5, 0.6) is 5.75 Å². The number of benzene rings is 1. The van der Waals surface area contributed by atoms with E-state index in [0.29, 0.717) is 44.0 Å². The number of aryl methyl sites for hydroxylation is 2. The summed E-state index contributed by atoms with van der Waals surface area (Å²) in [6.45, 7) is 8.82. The van der Waals surface area contributed by atoms with Gasteiger partial charge in [0.05, 0.1) is 19.7 Å². The molecule has 1 aromatic heterocycles. The lowest BCUT2D eigenvalue weighted by atomic mass is 10.1. The monoisotopic (exact) mass is 375 g/mol. The lowest BCUT2D eigenvalue weighted by molar-refractivity contribution is 0.172. The molecule has 2 N–H and O–H groups in total. The third-order valence-corrected chi connectivity index (χ3v) is 3.70. The first-order valence-electron chi connectivity index (χ1n) is 9.15. The maximum Gasteiger partial charge on any atom is 0.246 e. The molecule has 0 bridgehead atoms. The third kappa shape index (κ3) is 7.26. The molecule has 148 valence electrons. The van der Waals surface area contributed by atoms with Crippen LogP contribution in [0.4, 0.5) is 0 Å². The molecule has 8 nitrogen and oxygen atoms in total. The zero-order chi connectivity index (χ0) is 19.5. The first-order valence-corrected chi connectivity index (χ1v) is 9.15. The largest absolute Gasteiger partial charge is 0.493 e. The van der Waals surface area contributed by atoms with Crippen molar-refractivity contribution in [1.29, 1.82) is 0 Å². The van der Waals surface area contributed by atoms with Gasteiger partial charge >= 0.3 is 0 Å². The predicted octanol–water partition coefficient (Wildman–Crippen LogP) is 2.36. The minimum Gasteiger partial charge on any atom is -0.493 e. The maximum atomic E-state index is 5.92. The number of methoxy groups -OCH3 is 1. The molecule has 27 heavy (non-hydrogen) atoms. The van der Waals surface area contributed by atoms with Crippen LogP contribution in [0, 0.1) is 13.8 Å². The summed E-state index contributed by atoms with van der Waals surface area (Å²) in [7, 11) is 1.69. The Morgan fingerprint density at radius 3 is 2.78 bits per heavy atom. The Morgan fingerprint density at radius 1 is 1.22 bits per heavy atom. The van der Waals surface area contributed by atoms with Crippen LogP contribution in [-0.4, -0.2) is 43.0 Å². The van der Waals surface area contributed by atoms with Crippen molar-refractivity contribution in [3.05, 3.63) is 41.0 Å². The maximum absolute atomic E-state index is 5.92. The highest BCUT2D eigenvalue weighted by Crippen LogP contribution is 2.21. The van der Waals surface area contributed by atoms with Crippen molar-refractivity contribution in [3.63, 3.8) is 0 Å². The van der Waals surface area contributed by atoms with Crippen molar-refractivity contribution in [3.8, 4) is 5.75 Å². The smallest absolute Gasteiger partial charge is 0.246 e. The molecule has 0 unspecified atom stereocenters. The highest BCUT2D eigenvalue weighted by atomic mass is 16.5. The van der Waals surface area contributed by atoms with Gasteiger partial charge in [-0.1, -0.05) is 17.3 Å². The molecule has 2 rings (SSSR count). The molecule has 1 aromatic carbocycles. The van der Waals surface area contributed by atoms with Gasteiger partial charge in [0, 0.05) is 32.2 Å². The Labute approximate surface area is 160 Å². The second-order valence-corrected chi connectivity index (χ2v) is 6.09. The van der Waals surface area contributed by atoms with Crippen molar-refractivity contribution in [2.45, 2.75) is 40.3 Å². The van der Waals surface area contributed by atoms with E-state index in [-0.39, 0.29) is 0 Å². The summed E-state index contributed by atoms with van der Waals surface area (Å²) in [6.07, 6.45) is 0.848. The Morgan fingerprint density at radius 2 is 2.07 bits per heavy atom. The lowest BCUT2D eigenvalue weighted by Gasteiger charge is -2.13. The molecule has 0 aliphatic carbocycles. The summed E-state index contributed by atoms with van der Waals surface area (Å²) in [6, 6.07) is 6.16. The van der Waals surface area contributed by atoms with Gasteiger partial charge in [-0.15, -0.1) is 0 Å². The van der Waals surface area contributed by atoms with Gasteiger partial charge in [0.15, 0.2) is 11.8 Å². The molecule has 0 saturated carbocycles. The number of rotatable bonds is 10. The van der Waals surface area contributed by atoms with Gasteiger partial charge in [0.25, 0.3) is 0 Å². The molecule has 0 atom stereocenters. The molecular weight excluding hydrogens is 346 g/mol. The standard InChI is InChI=1S/C19H29N5O3/c1-5-20-19(22-13-18-23-15(3)24-27-18)21-12-16-8-7-14(2)11-17(16)26-10-6-9-25-4/h7-8,11H,5-6,9-10,12-13H2,1-4H3,(H2,20,21,22). The van der Waals surface area contributed by atoms with E-state index in [9.17, 15) is 0 Å². The molecular formula is C19H29N5O3. The summed E-state index contributed by atoms with van der Waals surface area (Å²) in [5.74, 6) is 2.68. The van der Waals surface area contributed by atoms with Crippen molar-refractivity contribution in [1.82, 2.24) is 20.8 Å². The molecule has 0 spiro atoms. The Bertz CT molecular complexity index is 730. The fraction of sp³-hybridized carbons (Fsp3) is 0.526. The molecule has 0 aliphatic rings. The Hall–Kier alpha value is -2.61. The number of ether oxygens (including phenoxy) is 2. The fourth-order valence-electron chi connectivity index (χ4n) is 2.39. The van der Waals surface area contributed by atoms with Crippen molar-refractivity contribution in [2.24, 2.45) is 4.99 Å². The predicted molar refractivity (Wildman–Crippen MR) is 104 cm³/mol. The Balaban J connectivity index is 2.00. The fourth-order valence-corrected chi connectivity index (χ4v) is 2.39. The van der Waals surface area contributed by atoms with E-state index in [1.165, 1.54) is 0 Å². The molecule has 0 fully saturated rings. The summed E-state index contributed by atoms with van der Waals surface area (Å²) >= 11 is 0. The van der Waals surface area contributed by atoms with Gasteiger partial charge in [0.1, 0.15) is 5.75 Å². The number of guanidine groups is 1. The average molecular weight is 375 g/mol. The zero-order valence-electron chi connectivity index (χ0n) is 16.5. The first-order chi connectivity index (χ1) is 13.1. The minimum absolute atomic E-state index is 0.418. The summed E-state index contributed by atoms with van der Waals surface area (Å²) < 4.78 is 16.1. The summed E-state index contributed by atoms with van der Waals surface area (Å²) in [5, 5.41) is 10.2. The highest BCUT2D eigenvalue weighted by Gasteiger charge is 2.07. The highest BCUT2D eigenvalue weighted by molar-refractivity contribution is 5.79. The average Bonchev–Trinajstić information content (AvgIpc) is 3.07. The van der Waals surface area contributed by atoms with Crippen LogP contribution in [0.2, 0.25) is 0 Å². The van der Waals surface area contributed by atoms with Crippen LogP contribution in [0.3, 0.4) is 0 Å². The van der Waals surface area contributed by atoms with Gasteiger partial charge in [-0.2, -0.15) is 4.98 Å². The molecule has 0 amide bonds. The van der Waals surface area contributed by atoms with Gasteiger partial charge in [0.2, 0.25) is 5.89 Å². The number of hydrogen-bond donors (Lipinski definition) is 2. The van der Waals surface area contributed by atoms with Crippen LogP contribution in [0.25, 0.3) is 0 Å². The number of nitrogens with zero attached hydrogens (tertiary/aromatic N) is 3. The van der Waals surface area contributed by atoms with E-state index in [1.54, 1.807) is 14.0 Å². The summed E-state index contributed by atoms with van der Waals surface area (Å²) in [4.78, 5) is 8.82. The number of nitrogens with one attached hydrogen (secondary N) is 2. The molecule has 0 aliphatic heterocycles. The number of hydrogen-bond acceptors (Lipinski definition) is 6. The minimum atomic E-state index is 0.418. The first kappa shape index (κ1) is 20.7. The van der Waals surface area contributed by atoms with Gasteiger partial charge < -0.3 is 24.6 Å². The molecule has 0 radical (unpaired) electrons.